The van der Waals surface area contributed by atoms with Crippen molar-refractivity contribution < 1.29 is 4.74 Å². The number of nitrogens with zero attached hydrogens (tertiary/aromatic N) is 3. The lowest BCUT2D eigenvalue weighted by atomic mass is 10.1. The largest absolute Gasteiger partial charge is 0.453 e. The first-order valence-electron chi connectivity index (χ1n) is 10.9. The van der Waals surface area contributed by atoms with Gasteiger partial charge in [0.2, 0.25) is 0 Å². The van der Waals surface area contributed by atoms with Crippen molar-refractivity contribution in [2.24, 2.45) is 0 Å². The van der Waals surface area contributed by atoms with E-state index in [1.54, 1.807) is 11.3 Å². The molecule has 1 atom stereocenters. The molecule has 33 heavy (non-hydrogen) atoms. The molecule has 0 radical (unpaired) electrons. The number of aryl methyl sites for hydroxylation is 1. The van der Waals surface area contributed by atoms with Crippen LogP contribution in [0, 0.1) is 6.92 Å². The third kappa shape index (κ3) is 6.81. The summed E-state index contributed by atoms with van der Waals surface area (Å²) >= 11 is 3.37. The van der Waals surface area contributed by atoms with Crippen LogP contribution in [-0.4, -0.2) is 35.5 Å². The second-order valence-corrected chi connectivity index (χ2v) is 10.1. The van der Waals surface area contributed by atoms with Crippen LogP contribution in [0.3, 0.4) is 0 Å². The monoisotopic (exact) mass is 476 g/mol. The summed E-state index contributed by atoms with van der Waals surface area (Å²) in [4.78, 5) is 12.5. The van der Waals surface area contributed by atoms with Crippen molar-refractivity contribution in [3.05, 3.63) is 89.6 Å². The molecule has 170 valence electrons. The van der Waals surface area contributed by atoms with Gasteiger partial charge in [-0.3, -0.25) is 0 Å². The van der Waals surface area contributed by atoms with Crippen LogP contribution in [0.25, 0.3) is 0 Å². The molecule has 0 saturated carbocycles. The van der Waals surface area contributed by atoms with Gasteiger partial charge < -0.3 is 15.0 Å². The van der Waals surface area contributed by atoms with Gasteiger partial charge in [-0.1, -0.05) is 48.5 Å². The molecule has 2 heterocycles. The molecular formula is C26H28N4OS2. The number of thiazole rings is 1. The van der Waals surface area contributed by atoms with E-state index in [9.17, 15) is 0 Å². The van der Waals surface area contributed by atoms with Gasteiger partial charge >= 0.3 is 0 Å². The van der Waals surface area contributed by atoms with E-state index in [1.165, 1.54) is 5.56 Å². The number of anilines is 2. The smallest absolute Gasteiger partial charge is 0.188 e. The molecule has 0 aliphatic carbocycles. The fraction of sp³-hybridized carbons (Fsp3) is 0.231. The summed E-state index contributed by atoms with van der Waals surface area (Å²) in [5.74, 6) is 2.10. The number of para-hydroxylation sites is 1. The first kappa shape index (κ1) is 23.3. The molecule has 4 aromatic rings. The molecule has 7 heteroatoms. The zero-order valence-electron chi connectivity index (χ0n) is 19.1. The van der Waals surface area contributed by atoms with E-state index in [0.29, 0.717) is 16.8 Å². The molecule has 0 aliphatic heterocycles. The quantitative estimate of drug-likeness (QED) is 0.245. The standard InChI is InChI=1S/C26H28N4OS2/c1-19-18-32-26(28-19)29-25-23(31-21-12-8-5-9-13-21)16-22(17-27-25)33-24(14-15-30(2)3)20-10-6-4-7-11-20/h4-13,16-18,24H,14-15H2,1-3H3,(H,27,28,29). The predicted octanol–water partition coefficient (Wildman–Crippen LogP) is 7.17. The molecule has 0 amide bonds. The lowest BCUT2D eigenvalue weighted by molar-refractivity contribution is 0.399. The van der Waals surface area contributed by atoms with Crippen molar-refractivity contribution in [1.82, 2.24) is 14.9 Å². The van der Waals surface area contributed by atoms with Gasteiger partial charge in [-0.15, -0.1) is 23.1 Å². The number of pyridine rings is 1. The number of benzene rings is 2. The summed E-state index contributed by atoms with van der Waals surface area (Å²) in [6.45, 7) is 2.99. The van der Waals surface area contributed by atoms with E-state index in [2.05, 4.69) is 65.7 Å². The highest BCUT2D eigenvalue weighted by atomic mass is 32.2. The maximum Gasteiger partial charge on any atom is 0.188 e. The summed E-state index contributed by atoms with van der Waals surface area (Å²) < 4.78 is 6.24. The molecule has 0 saturated heterocycles. The fourth-order valence-corrected chi connectivity index (χ4v) is 5.11. The van der Waals surface area contributed by atoms with Crippen LogP contribution in [0.2, 0.25) is 0 Å². The fourth-order valence-electron chi connectivity index (χ4n) is 3.29. The number of ether oxygens (including phenoxy) is 1. The van der Waals surface area contributed by atoms with Gasteiger partial charge in [0.25, 0.3) is 0 Å². The minimum Gasteiger partial charge on any atom is -0.453 e. The van der Waals surface area contributed by atoms with Crippen LogP contribution in [0.4, 0.5) is 10.9 Å². The van der Waals surface area contributed by atoms with Crippen molar-refractivity contribution in [2.75, 3.05) is 26.0 Å². The summed E-state index contributed by atoms with van der Waals surface area (Å²) in [5, 5.41) is 6.45. The number of nitrogens with one attached hydrogen (secondary N) is 1. The Bertz CT molecular complexity index is 1150. The third-order valence-corrected chi connectivity index (χ3v) is 7.09. The zero-order chi connectivity index (χ0) is 23.0. The van der Waals surface area contributed by atoms with Crippen molar-refractivity contribution in [3.63, 3.8) is 0 Å². The molecule has 4 rings (SSSR count). The molecule has 2 aromatic heterocycles. The van der Waals surface area contributed by atoms with Gasteiger partial charge in [0, 0.05) is 21.7 Å². The Morgan fingerprint density at radius 3 is 2.45 bits per heavy atom. The second kappa shape index (κ2) is 11.3. The van der Waals surface area contributed by atoms with Gasteiger partial charge in [-0.05, 0) is 57.7 Å². The van der Waals surface area contributed by atoms with Crippen LogP contribution in [0.15, 0.2) is 83.2 Å². The first-order valence-corrected chi connectivity index (χ1v) is 12.6. The first-order chi connectivity index (χ1) is 16.1. The Morgan fingerprint density at radius 2 is 1.79 bits per heavy atom. The van der Waals surface area contributed by atoms with Gasteiger partial charge in [0.05, 0.1) is 5.69 Å². The Labute approximate surface area is 203 Å². The van der Waals surface area contributed by atoms with Crippen LogP contribution >= 0.6 is 23.1 Å². The van der Waals surface area contributed by atoms with Crippen LogP contribution in [0.5, 0.6) is 11.5 Å². The molecule has 0 aliphatic rings. The summed E-state index contributed by atoms with van der Waals surface area (Å²) in [5.41, 5.74) is 2.29. The topological polar surface area (TPSA) is 50.3 Å². The third-order valence-electron chi connectivity index (χ3n) is 4.93. The number of rotatable bonds is 10. The Morgan fingerprint density at radius 1 is 1.06 bits per heavy atom. The Balaban J connectivity index is 1.62. The van der Waals surface area contributed by atoms with E-state index >= 15 is 0 Å². The lowest BCUT2D eigenvalue weighted by Gasteiger charge is -2.20. The van der Waals surface area contributed by atoms with E-state index < -0.39 is 0 Å². The molecule has 1 N–H and O–H groups in total. The number of aromatic nitrogens is 2. The Kier molecular flexibility index (Phi) is 7.99. The van der Waals surface area contributed by atoms with Crippen LogP contribution in [-0.2, 0) is 0 Å². The van der Waals surface area contributed by atoms with Gasteiger partial charge in [-0.25, -0.2) is 9.97 Å². The number of thioether (sulfide) groups is 1. The molecule has 1 unspecified atom stereocenters. The summed E-state index contributed by atoms with van der Waals surface area (Å²) in [6.07, 6.45) is 2.95. The average molecular weight is 477 g/mol. The van der Waals surface area contributed by atoms with Crippen LogP contribution in [0.1, 0.15) is 22.9 Å². The van der Waals surface area contributed by atoms with Gasteiger partial charge in [0.1, 0.15) is 5.75 Å². The van der Waals surface area contributed by atoms with E-state index in [4.69, 9.17) is 9.72 Å². The van der Waals surface area contributed by atoms with Gasteiger partial charge in [-0.2, -0.15) is 0 Å². The zero-order valence-corrected chi connectivity index (χ0v) is 20.7. The normalized spacial score (nSPS) is 12.0. The second-order valence-electron chi connectivity index (χ2n) is 7.96. The molecule has 2 aromatic carbocycles. The highest BCUT2D eigenvalue weighted by Gasteiger charge is 2.17. The predicted molar refractivity (Wildman–Crippen MR) is 139 cm³/mol. The highest BCUT2D eigenvalue weighted by Crippen LogP contribution is 2.41. The molecule has 5 nitrogen and oxygen atoms in total. The minimum absolute atomic E-state index is 0.320. The van der Waals surface area contributed by atoms with Crippen molar-refractivity contribution >= 4 is 34.0 Å². The van der Waals surface area contributed by atoms with E-state index in [-0.39, 0.29) is 0 Å². The minimum atomic E-state index is 0.320. The molecule has 0 spiro atoms. The summed E-state index contributed by atoms with van der Waals surface area (Å²) in [6, 6.07) is 22.5. The van der Waals surface area contributed by atoms with Crippen molar-refractivity contribution in [1.29, 1.82) is 0 Å². The van der Waals surface area contributed by atoms with E-state index in [1.807, 2.05) is 60.6 Å². The van der Waals surface area contributed by atoms with Crippen molar-refractivity contribution in [2.45, 2.75) is 23.5 Å². The number of hydrogen-bond acceptors (Lipinski definition) is 7. The maximum atomic E-state index is 6.24. The average Bonchev–Trinajstić information content (AvgIpc) is 3.24. The summed E-state index contributed by atoms with van der Waals surface area (Å²) in [7, 11) is 4.22. The molecule has 0 fully saturated rings. The molecule has 0 bridgehead atoms. The van der Waals surface area contributed by atoms with E-state index in [0.717, 1.165) is 34.4 Å². The lowest BCUT2D eigenvalue weighted by Crippen LogP contribution is -2.15. The van der Waals surface area contributed by atoms with Crippen molar-refractivity contribution in [3.8, 4) is 11.5 Å². The number of hydrogen-bond donors (Lipinski definition) is 1. The van der Waals surface area contributed by atoms with Crippen LogP contribution < -0.4 is 10.1 Å². The Hall–Kier alpha value is -2.87. The SMILES string of the molecule is Cc1csc(Nc2ncc(SC(CCN(C)C)c3ccccc3)cc2Oc2ccccc2)n1. The molecular weight excluding hydrogens is 448 g/mol. The highest BCUT2D eigenvalue weighted by molar-refractivity contribution is 7.99. The van der Waals surface area contributed by atoms with Gasteiger partial charge in [0.15, 0.2) is 16.7 Å². The maximum absolute atomic E-state index is 6.24.